The molecule has 2 aromatic rings. The van der Waals surface area contributed by atoms with Crippen molar-refractivity contribution >= 4 is 5.82 Å². The highest BCUT2D eigenvalue weighted by Gasteiger charge is 2.13. The largest absolute Gasteiger partial charge is 0.308 e. The summed E-state index contributed by atoms with van der Waals surface area (Å²) in [5.74, 6) is 7.40. The summed E-state index contributed by atoms with van der Waals surface area (Å²) < 4.78 is 0. The Hall–Kier alpha value is -1.94. The molecular weight excluding hydrogens is 236 g/mol. The summed E-state index contributed by atoms with van der Waals surface area (Å²) in [7, 11) is 0. The molecule has 100 valence electrons. The highest BCUT2D eigenvalue weighted by atomic mass is 15.3. The third kappa shape index (κ3) is 3.09. The first-order valence-electron chi connectivity index (χ1n) is 6.69. The van der Waals surface area contributed by atoms with Crippen molar-refractivity contribution in [2.24, 2.45) is 5.84 Å². The molecule has 0 spiro atoms. The van der Waals surface area contributed by atoms with Crippen molar-refractivity contribution in [2.45, 2.75) is 32.6 Å². The van der Waals surface area contributed by atoms with Gasteiger partial charge in [0.05, 0.1) is 5.69 Å². The van der Waals surface area contributed by atoms with Crippen LogP contribution in [0, 0.1) is 0 Å². The first-order valence-corrected chi connectivity index (χ1v) is 6.69. The molecule has 1 aromatic carbocycles. The van der Waals surface area contributed by atoms with Crippen LogP contribution in [-0.4, -0.2) is 9.97 Å². The van der Waals surface area contributed by atoms with Crippen LogP contribution in [0.3, 0.4) is 0 Å². The zero-order chi connectivity index (χ0) is 13.7. The SMILES string of the molecule is CCC(CC)c1nc(NN)cc(-c2ccccc2)n1. The number of hydrogen-bond acceptors (Lipinski definition) is 4. The van der Waals surface area contributed by atoms with E-state index in [4.69, 9.17) is 5.84 Å². The third-order valence-electron chi connectivity index (χ3n) is 3.31. The number of rotatable bonds is 5. The third-order valence-corrected chi connectivity index (χ3v) is 3.31. The number of nitrogens with zero attached hydrogens (tertiary/aromatic N) is 2. The maximum Gasteiger partial charge on any atom is 0.144 e. The first-order chi connectivity index (χ1) is 9.28. The predicted octanol–water partition coefficient (Wildman–Crippen LogP) is 3.33. The van der Waals surface area contributed by atoms with Crippen molar-refractivity contribution in [1.82, 2.24) is 9.97 Å². The molecule has 1 aromatic heterocycles. The summed E-state index contributed by atoms with van der Waals surface area (Å²) in [6, 6.07) is 12.0. The molecular formula is C15H20N4. The normalized spacial score (nSPS) is 10.7. The molecule has 0 saturated heterocycles. The van der Waals surface area contributed by atoms with Gasteiger partial charge in [-0.25, -0.2) is 15.8 Å². The van der Waals surface area contributed by atoms with E-state index >= 15 is 0 Å². The average Bonchev–Trinajstić information content (AvgIpc) is 2.49. The Morgan fingerprint density at radius 1 is 1.11 bits per heavy atom. The Balaban J connectivity index is 2.47. The summed E-state index contributed by atoms with van der Waals surface area (Å²) in [5, 5.41) is 0. The van der Waals surface area contributed by atoms with Crippen molar-refractivity contribution in [3.8, 4) is 11.3 Å². The lowest BCUT2D eigenvalue weighted by Crippen LogP contribution is -2.12. The number of anilines is 1. The summed E-state index contributed by atoms with van der Waals surface area (Å²) in [5.41, 5.74) is 4.61. The van der Waals surface area contributed by atoms with Gasteiger partial charge >= 0.3 is 0 Å². The summed E-state index contributed by atoms with van der Waals surface area (Å²) in [4.78, 5) is 9.16. The zero-order valence-corrected chi connectivity index (χ0v) is 11.4. The van der Waals surface area contributed by atoms with E-state index in [0.717, 1.165) is 29.9 Å². The minimum atomic E-state index is 0.371. The standard InChI is InChI=1S/C15H20N4/c1-3-11(4-2)15-17-13(10-14(18-15)19-16)12-8-6-5-7-9-12/h5-11H,3-4,16H2,1-2H3,(H,17,18,19). The number of nitrogen functional groups attached to an aromatic ring is 1. The topological polar surface area (TPSA) is 63.8 Å². The second-order valence-corrected chi connectivity index (χ2v) is 4.52. The van der Waals surface area contributed by atoms with Crippen molar-refractivity contribution in [2.75, 3.05) is 5.43 Å². The van der Waals surface area contributed by atoms with E-state index in [9.17, 15) is 0 Å². The van der Waals surface area contributed by atoms with Gasteiger partial charge in [0.25, 0.3) is 0 Å². The Bertz CT molecular complexity index is 521. The highest BCUT2D eigenvalue weighted by Crippen LogP contribution is 2.25. The molecule has 4 nitrogen and oxygen atoms in total. The monoisotopic (exact) mass is 256 g/mol. The molecule has 0 aliphatic carbocycles. The van der Waals surface area contributed by atoms with Gasteiger partial charge in [0.2, 0.25) is 0 Å². The molecule has 0 radical (unpaired) electrons. The molecule has 3 N–H and O–H groups in total. The van der Waals surface area contributed by atoms with E-state index in [-0.39, 0.29) is 0 Å². The van der Waals surface area contributed by atoms with E-state index in [0.29, 0.717) is 11.7 Å². The molecule has 0 aliphatic rings. The fourth-order valence-corrected chi connectivity index (χ4v) is 2.13. The Morgan fingerprint density at radius 2 is 1.79 bits per heavy atom. The van der Waals surface area contributed by atoms with Crippen LogP contribution in [0.5, 0.6) is 0 Å². The fraction of sp³-hybridized carbons (Fsp3) is 0.333. The lowest BCUT2D eigenvalue weighted by molar-refractivity contribution is 0.603. The second-order valence-electron chi connectivity index (χ2n) is 4.52. The van der Waals surface area contributed by atoms with E-state index in [2.05, 4.69) is 29.2 Å². The van der Waals surface area contributed by atoms with Gasteiger partial charge in [0, 0.05) is 17.5 Å². The van der Waals surface area contributed by atoms with Crippen molar-refractivity contribution in [3.63, 3.8) is 0 Å². The van der Waals surface area contributed by atoms with E-state index in [1.807, 2.05) is 36.4 Å². The number of hydrazine groups is 1. The van der Waals surface area contributed by atoms with Gasteiger partial charge in [-0.2, -0.15) is 0 Å². The smallest absolute Gasteiger partial charge is 0.144 e. The molecule has 0 aliphatic heterocycles. The van der Waals surface area contributed by atoms with Gasteiger partial charge < -0.3 is 5.43 Å². The van der Waals surface area contributed by atoms with Crippen LogP contribution in [0.2, 0.25) is 0 Å². The minimum Gasteiger partial charge on any atom is -0.308 e. The molecule has 2 rings (SSSR count). The summed E-state index contributed by atoms with van der Waals surface area (Å²) >= 11 is 0. The maximum atomic E-state index is 5.51. The van der Waals surface area contributed by atoms with Crippen molar-refractivity contribution in [3.05, 3.63) is 42.2 Å². The average molecular weight is 256 g/mol. The number of nitrogens with one attached hydrogen (secondary N) is 1. The van der Waals surface area contributed by atoms with Crippen LogP contribution >= 0.6 is 0 Å². The van der Waals surface area contributed by atoms with Gasteiger partial charge in [-0.1, -0.05) is 44.2 Å². The van der Waals surface area contributed by atoms with Crippen LogP contribution in [0.4, 0.5) is 5.82 Å². The van der Waals surface area contributed by atoms with Gasteiger partial charge in [-0.05, 0) is 12.8 Å². The maximum absolute atomic E-state index is 5.51. The van der Waals surface area contributed by atoms with Gasteiger partial charge in [-0.3, -0.25) is 0 Å². The number of benzene rings is 1. The molecule has 0 fully saturated rings. The van der Waals surface area contributed by atoms with Crippen molar-refractivity contribution in [1.29, 1.82) is 0 Å². The van der Waals surface area contributed by atoms with Crippen LogP contribution in [0.1, 0.15) is 38.4 Å². The van der Waals surface area contributed by atoms with E-state index in [1.165, 1.54) is 0 Å². The molecule has 0 saturated carbocycles. The molecule has 0 atom stereocenters. The van der Waals surface area contributed by atoms with Gasteiger partial charge in [-0.15, -0.1) is 0 Å². The van der Waals surface area contributed by atoms with Crippen LogP contribution < -0.4 is 11.3 Å². The lowest BCUT2D eigenvalue weighted by Gasteiger charge is -2.14. The molecule has 4 heteroatoms. The van der Waals surface area contributed by atoms with Gasteiger partial charge in [0.1, 0.15) is 11.6 Å². The Morgan fingerprint density at radius 3 is 2.37 bits per heavy atom. The zero-order valence-electron chi connectivity index (χ0n) is 11.4. The minimum absolute atomic E-state index is 0.371. The first kappa shape index (κ1) is 13.5. The second kappa shape index (κ2) is 6.29. The van der Waals surface area contributed by atoms with Crippen molar-refractivity contribution < 1.29 is 0 Å². The molecule has 1 heterocycles. The molecule has 0 unspecified atom stereocenters. The van der Waals surface area contributed by atoms with Crippen LogP contribution in [0.25, 0.3) is 11.3 Å². The van der Waals surface area contributed by atoms with E-state index in [1.54, 1.807) is 0 Å². The Labute approximate surface area is 114 Å². The van der Waals surface area contributed by atoms with Gasteiger partial charge in [0.15, 0.2) is 0 Å². The Kier molecular flexibility index (Phi) is 4.47. The van der Waals surface area contributed by atoms with E-state index < -0.39 is 0 Å². The number of aromatic nitrogens is 2. The lowest BCUT2D eigenvalue weighted by atomic mass is 10.0. The predicted molar refractivity (Wildman–Crippen MR) is 78.6 cm³/mol. The van der Waals surface area contributed by atoms with Crippen LogP contribution in [0.15, 0.2) is 36.4 Å². The number of hydrogen-bond donors (Lipinski definition) is 2. The highest BCUT2D eigenvalue weighted by molar-refractivity contribution is 5.62. The molecule has 19 heavy (non-hydrogen) atoms. The van der Waals surface area contributed by atoms with Crippen LogP contribution in [-0.2, 0) is 0 Å². The number of nitrogens with two attached hydrogens (primary N) is 1. The molecule has 0 bridgehead atoms. The quantitative estimate of drug-likeness (QED) is 0.636. The summed E-state index contributed by atoms with van der Waals surface area (Å²) in [6.07, 6.45) is 2.05. The fourth-order valence-electron chi connectivity index (χ4n) is 2.13. The molecule has 0 amide bonds. The summed E-state index contributed by atoms with van der Waals surface area (Å²) in [6.45, 7) is 4.31.